The fourth-order valence-electron chi connectivity index (χ4n) is 7.31. The molecule has 4 saturated carbocycles. The average Bonchev–Trinajstić information content (AvgIpc) is 3.39. The van der Waals surface area contributed by atoms with Gasteiger partial charge in [0.1, 0.15) is 6.10 Å². The van der Waals surface area contributed by atoms with Gasteiger partial charge in [0.2, 0.25) is 0 Å². The number of methoxy groups -OCH3 is 1. The summed E-state index contributed by atoms with van der Waals surface area (Å²) in [4.78, 5) is 22.5. The van der Waals surface area contributed by atoms with Gasteiger partial charge in [-0.1, -0.05) is 13.8 Å². The van der Waals surface area contributed by atoms with Gasteiger partial charge in [0.25, 0.3) is 0 Å². The fourth-order valence-corrected chi connectivity index (χ4v) is 7.31. The van der Waals surface area contributed by atoms with Gasteiger partial charge in [-0.3, -0.25) is 9.59 Å². The highest BCUT2D eigenvalue weighted by Crippen LogP contribution is 2.72. The van der Waals surface area contributed by atoms with Crippen molar-refractivity contribution in [1.82, 2.24) is 0 Å². The van der Waals surface area contributed by atoms with E-state index in [2.05, 4.69) is 11.7 Å². The van der Waals surface area contributed by atoms with Gasteiger partial charge in [-0.05, 0) is 74.5 Å². The molecule has 1 heterocycles. The van der Waals surface area contributed by atoms with Gasteiger partial charge in [-0.2, -0.15) is 0 Å². The first kappa shape index (κ1) is 17.4. The number of hydrogen-bond donors (Lipinski definition) is 0. The van der Waals surface area contributed by atoms with E-state index in [1.54, 1.807) is 0 Å². The van der Waals surface area contributed by atoms with E-state index in [0.29, 0.717) is 17.8 Å². The minimum absolute atomic E-state index is 0.0556. The quantitative estimate of drug-likeness (QED) is 0.564. The van der Waals surface area contributed by atoms with Gasteiger partial charge in [-0.25, -0.2) is 0 Å². The van der Waals surface area contributed by atoms with E-state index in [9.17, 15) is 9.59 Å². The van der Waals surface area contributed by atoms with E-state index >= 15 is 0 Å². The molecule has 0 N–H and O–H groups in total. The third kappa shape index (κ3) is 2.46. The summed E-state index contributed by atoms with van der Waals surface area (Å²) >= 11 is 0. The number of esters is 2. The maximum absolute atomic E-state index is 12.0. The molecule has 4 aliphatic carbocycles. The molecule has 1 saturated heterocycles. The first-order chi connectivity index (χ1) is 12.0. The number of ether oxygens (including phenoxy) is 2. The zero-order valence-corrected chi connectivity index (χ0v) is 15.9. The molecule has 4 heteroatoms. The molecule has 1 aliphatic heterocycles. The SMILES string of the molecule is CC1OC(=O)C2C3CC(C12)C1C2CCC(C2)C31.CCC(C)C(=O)OC. The van der Waals surface area contributed by atoms with Crippen molar-refractivity contribution in [2.75, 3.05) is 7.11 Å². The third-order valence-corrected chi connectivity index (χ3v) is 8.28. The molecule has 0 radical (unpaired) electrons. The molecule has 0 spiro atoms. The Bertz CT molecular complexity index is 558. The third-order valence-electron chi connectivity index (χ3n) is 8.28. The van der Waals surface area contributed by atoms with Crippen LogP contribution < -0.4 is 0 Å². The van der Waals surface area contributed by atoms with Gasteiger partial charge in [-0.15, -0.1) is 0 Å². The van der Waals surface area contributed by atoms with E-state index in [1.807, 2.05) is 13.8 Å². The molecule has 5 rings (SSSR count). The molecule has 0 aromatic carbocycles. The van der Waals surface area contributed by atoms with Gasteiger partial charge >= 0.3 is 11.9 Å². The van der Waals surface area contributed by atoms with E-state index in [0.717, 1.165) is 36.0 Å². The second-order valence-corrected chi connectivity index (χ2v) is 9.13. The molecule has 4 nitrogen and oxygen atoms in total. The Morgan fingerprint density at radius 3 is 2.36 bits per heavy atom. The Kier molecular flexibility index (Phi) is 4.36. The Balaban J connectivity index is 0.000000170. The van der Waals surface area contributed by atoms with Crippen LogP contribution in [0.5, 0.6) is 0 Å². The summed E-state index contributed by atoms with van der Waals surface area (Å²) < 4.78 is 9.99. The van der Waals surface area contributed by atoms with Crippen LogP contribution in [0.15, 0.2) is 0 Å². The Morgan fingerprint density at radius 2 is 1.80 bits per heavy atom. The zero-order chi connectivity index (χ0) is 17.9. The zero-order valence-electron chi connectivity index (χ0n) is 15.9. The van der Waals surface area contributed by atoms with Crippen LogP contribution in [-0.2, 0) is 19.1 Å². The first-order valence-corrected chi connectivity index (χ1v) is 10.3. The minimum Gasteiger partial charge on any atom is -0.469 e. The van der Waals surface area contributed by atoms with Crippen molar-refractivity contribution < 1.29 is 19.1 Å². The van der Waals surface area contributed by atoms with Crippen molar-refractivity contribution in [2.45, 2.75) is 59.0 Å². The lowest BCUT2D eigenvalue weighted by Crippen LogP contribution is -2.39. The Hall–Kier alpha value is -1.06. The summed E-state index contributed by atoms with van der Waals surface area (Å²) in [6.45, 7) is 5.94. The summed E-state index contributed by atoms with van der Waals surface area (Å²) in [7, 11) is 1.41. The normalized spacial score (nSPS) is 49.1. The lowest BCUT2D eigenvalue weighted by molar-refractivity contribution is -0.146. The predicted molar refractivity (Wildman–Crippen MR) is 93.4 cm³/mol. The summed E-state index contributed by atoms with van der Waals surface area (Å²) in [5, 5.41) is 0. The average molecular weight is 348 g/mol. The first-order valence-electron chi connectivity index (χ1n) is 10.3. The molecule has 4 bridgehead atoms. The summed E-state index contributed by atoms with van der Waals surface area (Å²) in [5.41, 5.74) is 0. The monoisotopic (exact) mass is 348 g/mol. The van der Waals surface area contributed by atoms with Crippen LogP contribution >= 0.6 is 0 Å². The number of hydrogen-bond acceptors (Lipinski definition) is 4. The molecule has 140 valence electrons. The van der Waals surface area contributed by atoms with Crippen LogP contribution in [0.4, 0.5) is 0 Å². The molecule has 0 amide bonds. The molecule has 10 atom stereocenters. The fraction of sp³-hybridized carbons (Fsp3) is 0.905. The highest BCUT2D eigenvalue weighted by molar-refractivity contribution is 5.76. The van der Waals surface area contributed by atoms with Crippen molar-refractivity contribution in [3.05, 3.63) is 0 Å². The largest absolute Gasteiger partial charge is 0.469 e. The standard InChI is InChI=1S/C15H20O2.C6H12O2/c1-6-11-9-5-10(14(11)15(16)17-6)13-8-3-2-7(4-8)12(9)13;1-4-5(2)6(7)8-3/h6-14H,2-5H2,1H3;5H,4H2,1-3H3. The van der Waals surface area contributed by atoms with Gasteiger partial charge in [0.05, 0.1) is 18.9 Å². The van der Waals surface area contributed by atoms with E-state index in [1.165, 1.54) is 32.8 Å². The number of carbonyl (C=O) groups is 2. The number of cyclic esters (lactones) is 1. The van der Waals surface area contributed by atoms with Crippen molar-refractivity contribution >= 4 is 11.9 Å². The minimum atomic E-state index is -0.118. The molecule has 0 aromatic rings. The Morgan fingerprint density at radius 1 is 1.16 bits per heavy atom. The summed E-state index contributed by atoms with van der Waals surface area (Å²) in [5.74, 6) is 6.42. The molecule has 25 heavy (non-hydrogen) atoms. The maximum atomic E-state index is 12.0. The topological polar surface area (TPSA) is 52.6 Å². The number of carbonyl (C=O) groups excluding carboxylic acids is 2. The number of fused-ring (bicyclic) bond motifs is 12. The van der Waals surface area contributed by atoms with Crippen LogP contribution in [0.2, 0.25) is 0 Å². The highest BCUT2D eigenvalue weighted by Gasteiger charge is 2.70. The van der Waals surface area contributed by atoms with Gasteiger partial charge < -0.3 is 9.47 Å². The van der Waals surface area contributed by atoms with E-state index in [4.69, 9.17) is 4.74 Å². The molecular weight excluding hydrogens is 316 g/mol. The van der Waals surface area contributed by atoms with Gasteiger partial charge in [0, 0.05) is 5.92 Å². The van der Waals surface area contributed by atoms with Crippen LogP contribution in [0, 0.1) is 53.3 Å². The smallest absolute Gasteiger partial charge is 0.309 e. The molecule has 10 unspecified atom stereocenters. The summed E-state index contributed by atoms with van der Waals surface area (Å²) in [6, 6.07) is 0. The van der Waals surface area contributed by atoms with Crippen LogP contribution in [-0.4, -0.2) is 25.2 Å². The van der Waals surface area contributed by atoms with Crippen LogP contribution in [0.1, 0.15) is 52.9 Å². The van der Waals surface area contributed by atoms with Crippen molar-refractivity contribution in [3.63, 3.8) is 0 Å². The van der Waals surface area contributed by atoms with E-state index < -0.39 is 0 Å². The molecule has 5 aliphatic rings. The molecule has 0 aromatic heterocycles. The summed E-state index contributed by atoms with van der Waals surface area (Å²) in [6.07, 6.45) is 6.85. The van der Waals surface area contributed by atoms with Crippen LogP contribution in [0.3, 0.4) is 0 Å². The lowest BCUT2D eigenvalue weighted by Gasteiger charge is -2.39. The highest BCUT2D eigenvalue weighted by atomic mass is 16.6. The second-order valence-electron chi connectivity index (χ2n) is 9.13. The van der Waals surface area contributed by atoms with E-state index in [-0.39, 0.29) is 24.0 Å². The molecule has 5 fully saturated rings. The predicted octanol–water partition coefficient (Wildman–Crippen LogP) is 3.68. The van der Waals surface area contributed by atoms with Crippen molar-refractivity contribution in [3.8, 4) is 0 Å². The lowest BCUT2D eigenvalue weighted by atomic mass is 9.63. The number of rotatable bonds is 2. The molecular formula is C21H32O4. The van der Waals surface area contributed by atoms with Gasteiger partial charge in [0.15, 0.2) is 0 Å². The van der Waals surface area contributed by atoms with Crippen molar-refractivity contribution in [2.24, 2.45) is 53.3 Å². The maximum Gasteiger partial charge on any atom is 0.309 e. The Labute approximate surface area is 151 Å². The van der Waals surface area contributed by atoms with Crippen LogP contribution in [0.25, 0.3) is 0 Å². The second kappa shape index (κ2) is 6.28. The van der Waals surface area contributed by atoms with Crippen molar-refractivity contribution in [1.29, 1.82) is 0 Å².